The molecule has 3 amide bonds. The Morgan fingerprint density at radius 1 is 0.818 bits per heavy atom. The number of guanidine groups is 1. The van der Waals surface area contributed by atoms with Crippen LogP contribution in [0.1, 0.15) is 164 Å². The molecule has 392 valence electrons. The lowest BCUT2D eigenvalue weighted by molar-refractivity contribution is -0.138. The fourth-order valence-electron chi connectivity index (χ4n) is 3.88. The monoisotopic (exact) mass is 1360 g/mol. The summed E-state index contributed by atoms with van der Waals surface area (Å²) in [6, 6.07) is 0. The van der Waals surface area contributed by atoms with E-state index < -0.39 is 0 Å². The number of hydrogen-bond acceptors (Lipinski definition) is 11. The van der Waals surface area contributed by atoms with Crippen molar-refractivity contribution in [3.05, 3.63) is 10.4 Å². The average Bonchev–Trinajstić information content (AvgIpc) is 4.09. The van der Waals surface area contributed by atoms with E-state index in [1.807, 2.05) is 5.40 Å². The molecule has 1 aliphatic heterocycles. The van der Waals surface area contributed by atoms with Crippen LogP contribution in [-0.2, 0) is 23.9 Å². The third kappa shape index (κ3) is 83.5. The summed E-state index contributed by atoms with van der Waals surface area (Å²) in [5, 5.41) is 17.3. The van der Waals surface area contributed by atoms with Crippen LogP contribution in [0.15, 0.2) is 10.1 Å². The molecule has 0 bridgehead atoms. The summed E-state index contributed by atoms with van der Waals surface area (Å²) < 4.78 is 14.0. The number of hydrazine groups is 1. The van der Waals surface area contributed by atoms with Gasteiger partial charge in [-0.3, -0.25) is 35.5 Å². The molecule has 2 aliphatic rings. The molecule has 1 aliphatic carbocycles. The largest absolute Gasteiger partial charge is 0.381 e. The van der Waals surface area contributed by atoms with Crippen LogP contribution in [0.4, 0.5) is 0 Å². The number of thiocyanates is 1. The van der Waals surface area contributed by atoms with Crippen molar-refractivity contribution in [1.82, 2.24) is 15.6 Å². The number of nitriles is 1. The molecule has 66 heavy (non-hydrogen) atoms. The van der Waals surface area contributed by atoms with Crippen LogP contribution < -0.4 is 28.1 Å². The quantitative estimate of drug-likeness (QED) is 0.00367. The number of nitrogens with two attached hydrogens (primary N) is 3. The van der Waals surface area contributed by atoms with Gasteiger partial charge < -0.3 is 26.3 Å². The maximum atomic E-state index is 11.3. The summed E-state index contributed by atoms with van der Waals surface area (Å²) in [5.74, 6) is 6.66. The molecule has 0 aromatic carbocycles. The maximum absolute atomic E-state index is 11.3. The van der Waals surface area contributed by atoms with Gasteiger partial charge in [0.15, 0.2) is 5.96 Å². The number of unbranched alkanes of at least 4 members (excludes halogenated alkanes) is 5. The molecule has 0 unspecified atom stereocenters. The minimum Gasteiger partial charge on any atom is -0.381 e. The number of nitrogens with zero attached hydrogens (tertiary/aromatic N) is 6. The summed E-state index contributed by atoms with van der Waals surface area (Å²) in [5.41, 5.74) is 20.4. The molecule has 1 heterocycles. The first-order valence-corrected chi connectivity index (χ1v) is 30.6. The Labute approximate surface area is 456 Å². The van der Waals surface area contributed by atoms with E-state index >= 15 is 0 Å². The summed E-state index contributed by atoms with van der Waals surface area (Å²) >= 11 is 11.6. The number of nitrogens with one attached hydrogen (secondary N) is 2. The number of hydrogen-bond donors (Lipinski definition) is 5. The van der Waals surface area contributed by atoms with E-state index in [1.54, 1.807) is 0 Å². The van der Waals surface area contributed by atoms with Gasteiger partial charge >= 0.3 is 0 Å². The number of carbonyl (C=O) groups is 3. The van der Waals surface area contributed by atoms with Crippen LogP contribution in [0.3, 0.4) is 0 Å². The number of alkyl halides is 4. The van der Waals surface area contributed by atoms with Gasteiger partial charge in [0.2, 0.25) is 17.7 Å². The van der Waals surface area contributed by atoms with E-state index in [9.17, 15) is 14.4 Å². The van der Waals surface area contributed by atoms with E-state index in [1.165, 1.54) is 83.3 Å². The lowest BCUT2D eigenvalue weighted by Gasteiger charge is -2.13. The van der Waals surface area contributed by atoms with Gasteiger partial charge in [-0.15, -0.1) is 0 Å². The van der Waals surface area contributed by atoms with Gasteiger partial charge in [-0.25, -0.2) is 0 Å². The Morgan fingerprint density at radius 3 is 1.77 bits per heavy atom. The molecule has 0 aromatic heterocycles. The Bertz CT molecular complexity index is 1100. The van der Waals surface area contributed by atoms with Crippen molar-refractivity contribution >= 4 is 119 Å². The molecule has 1 saturated heterocycles. The second kappa shape index (κ2) is 73.5. The fraction of sp³-hybridized carbons (Fsp3) is 0.889. The molecule has 0 radical (unpaired) electrons. The molecule has 8 N–H and O–H groups in total. The Hall–Kier alpha value is -0.460. The van der Waals surface area contributed by atoms with Gasteiger partial charge in [0.25, 0.3) is 0 Å². The minimum atomic E-state index is -0.162. The number of rotatable bonds is 30. The highest BCUT2D eigenvalue weighted by Gasteiger charge is 2.28. The summed E-state index contributed by atoms with van der Waals surface area (Å²) in [6.45, 7) is 19.8. The van der Waals surface area contributed by atoms with Crippen LogP contribution in [0.5, 0.6) is 0 Å². The van der Waals surface area contributed by atoms with Gasteiger partial charge in [0, 0.05) is 108 Å². The normalized spacial score (nSPS) is 11.6. The number of aliphatic imine (C=N–C) groups is 1. The van der Waals surface area contributed by atoms with Gasteiger partial charge in [0.05, 0.1) is 0 Å². The van der Waals surface area contributed by atoms with Crippen molar-refractivity contribution in [3.63, 3.8) is 0 Å². The molecular formula is C45H93BrI3N11O5S. The second-order valence-electron chi connectivity index (χ2n) is 14.4. The van der Waals surface area contributed by atoms with E-state index in [4.69, 9.17) is 37.6 Å². The predicted octanol–water partition coefficient (Wildman–Crippen LogP) is 11.5. The summed E-state index contributed by atoms with van der Waals surface area (Å²) in [4.78, 5) is 41.3. The molecule has 0 aromatic rings. The number of carbonyl (C=O) groups excluding carboxylic acids is 3. The first-order valence-electron chi connectivity index (χ1n) is 23.9. The van der Waals surface area contributed by atoms with Gasteiger partial charge in [-0.05, 0) is 93.8 Å². The summed E-state index contributed by atoms with van der Waals surface area (Å²) in [6.07, 6.45) is 19.7. The van der Waals surface area contributed by atoms with Gasteiger partial charge in [0.1, 0.15) is 5.40 Å². The first kappa shape index (κ1) is 77.0. The van der Waals surface area contributed by atoms with Crippen LogP contribution in [-0.4, -0.2) is 112 Å². The highest BCUT2D eigenvalue weighted by Crippen LogP contribution is 2.28. The summed E-state index contributed by atoms with van der Waals surface area (Å²) in [7, 11) is 0. The number of thioether (sulfide) groups is 1. The number of likely N-dealkylation sites (tertiary alicyclic amines) is 1. The molecule has 2 rings (SSSR count). The standard InChI is InChI=1S/C10H15IN2O3.C7H13IO.C6H13IO.C5H13N3.C5H9NS.C4H9Br.C4H9N3.C4H12N2/c11-5-1-6-12-8(14)4-7-13-9(15)2-3-10(13)16;8-4-1-5-9-6-7-2-3-7;1-2-5-8-6-3-4-7;1-2-3-4-8-5(6)7;1-2-3-4-7-5-6;1-2-3-4-5;1-2-3-4-6-7-5;1-2-3-4-6-5/h1-7H2,(H,12,14);7H,1-6H2;2-6H2,1H3;2-4H2,1H3,(H4,6,7,8);2-4H2,1H3;2-4H2,1H3;2-4H2,1H3;6H,2-5H2,1H3. The molecule has 16 nitrogen and oxygen atoms in total. The smallest absolute Gasteiger partial charge is 0.229 e. The number of imide groups is 1. The van der Waals surface area contributed by atoms with Crippen molar-refractivity contribution in [2.45, 2.75) is 164 Å². The molecule has 0 atom stereocenters. The molecule has 1 saturated carbocycles. The van der Waals surface area contributed by atoms with Crippen LogP contribution in [0.25, 0.3) is 10.4 Å². The minimum absolute atomic E-state index is 0.0997. The zero-order valence-corrected chi connectivity index (χ0v) is 50.7. The number of halogens is 4. The van der Waals surface area contributed by atoms with Crippen LogP contribution in [0, 0.1) is 16.6 Å². The van der Waals surface area contributed by atoms with Crippen molar-refractivity contribution in [2.24, 2.45) is 33.3 Å². The Balaban J connectivity index is -0.000000161. The fourth-order valence-corrected chi connectivity index (χ4v) is 5.97. The van der Waals surface area contributed by atoms with Gasteiger partial charge in [-0.2, -0.15) is 5.26 Å². The predicted molar refractivity (Wildman–Crippen MR) is 312 cm³/mol. The molecule has 21 heteroatoms. The molecule has 2 fully saturated rings. The van der Waals surface area contributed by atoms with Crippen molar-refractivity contribution in [1.29, 1.82) is 5.26 Å². The van der Waals surface area contributed by atoms with E-state index in [2.05, 4.69) is 151 Å². The van der Waals surface area contributed by atoms with E-state index in [-0.39, 0.29) is 49.5 Å². The zero-order valence-electron chi connectivity index (χ0n) is 41.8. The zero-order chi connectivity index (χ0) is 51.2. The molecule has 0 spiro atoms. The highest BCUT2D eigenvalue weighted by atomic mass is 127. The first-order chi connectivity index (χ1) is 31.9. The number of azide groups is 1. The third-order valence-corrected chi connectivity index (χ3v) is 11.4. The van der Waals surface area contributed by atoms with Crippen LogP contribution >= 0.6 is 95.5 Å². The average molecular weight is 1360 g/mol. The lowest BCUT2D eigenvalue weighted by Crippen LogP contribution is -2.34. The number of amides is 3. The third-order valence-electron chi connectivity index (χ3n) is 7.90. The second-order valence-corrected chi connectivity index (χ2v) is 19.3. The van der Waals surface area contributed by atoms with Gasteiger partial charge in [-0.1, -0.05) is 162 Å². The van der Waals surface area contributed by atoms with Crippen LogP contribution in [0.2, 0.25) is 0 Å². The highest BCUT2D eigenvalue weighted by molar-refractivity contribution is 14.1. The van der Waals surface area contributed by atoms with E-state index in [0.717, 1.165) is 106 Å². The van der Waals surface area contributed by atoms with Crippen molar-refractivity contribution in [2.75, 3.05) is 83.5 Å². The lowest BCUT2D eigenvalue weighted by atomic mass is 10.3. The SMILES string of the molecule is CCCCBr.CCCCN=C(N)N.CCCCN=[N+]=[N-].CCCCNN.CCCCSC#N.CCCOCCCI.ICCCOCC1CC1.O=C(CCN1C(=O)CCC1=O)NCCCI. The van der Waals surface area contributed by atoms with Crippen molar-refractivity contribution in [3.8, 4) is 5.40 Å². The van der Waals surface area contributed by atoms with E-state index in [0.29, 0.717) is 13.1 Å². The number of ether oxygens (including phenoxy) is 2. The maximum Gasteiger partial charge on any atom is 0.229 e. The Morgan fingerprint density at radius 2 is 1.36 bits per heavy atom. The van der Waals surface area contributed by atoms with Crippen molar-refractivity contribution < 1.29 is 23.9 Å². The topological polar surface area (TPSA) is 260 Å². The molecular weight excluding hydrogens is 1270 g/mol. The Kier molecular flexibility index (Phi) is 85.8.